The lowest BCUT2D eigenvalue weighted by molar-refractivity contribution is 0.217. The molecule has 0 fully saturated rings. The highest BCUT2D eigenvalue weighted by atomic mass is 16.5. The largest absolute Gasteiger partial charge is 0.491 e. The van der Waals surface area contributed by atoms with E-state index in [2.05, 4.69) is 29.5 Å². The van der Waals surface area contributed by atoms with Crippen LogP contribution in [-0.2, 0) is 13.1 Å². The van der Waals surface area contributed by atoms with E-state index in [4.69, 9.17) is 9.84 Å². The normalized spacial score (nSPS) is 12.1. The number of nitrogens with one attached hydrogen (secondary N) is 1. The van der Waals surface area contributed by atoms with Crippen LogP contribution >= 0.6 is 0 Å². The highest BCUT2D eigenvalue weighted by Gasteiger charge is 2.03. The highest BCUT2D eigenvalue weighted by Crippen LogP contribution is 2.19. The number of hydrogen-bond acceptors (Lipinski definition) is 5. The first-order chi connectivity index (χ1) is 10.2. The number of benzene rings is 1. The monoisotopic (exact) mass is 290 g/mol. The van der Waals surface area contributed by atoms with Crippen LogP contribution in [0, 0.1) is 0 Å². The van der Waals surface area contributed by atoms with Crippen LogP contribution in [0.25, 0.3) is 0 Å². The van der Waals surface area contributed by atoms with Crippen LogP contribution in [0.3, 0.4) is 0 Å². The maximum atomic E-state index is 8.84. The van der Waals surface area contributed by atoms with Crippen molar-refractivity contribution in [3.8, 4) is 5.75 Å². The smallest absolute Gasteiger partial charge is 0.121 e. The standard InChI is InChI=1S/C15H22N4O2/c1-3-12(2)21-15-6-4-5-13(9-15)16-10-14-11-19(7-8-20)18-17-14/h4-6,9,11-12,16,20H,3,7-8,10H2,1-2H3. The third kappa shape index (κ3) is 4.75. The Bertz CT molecular complexity index is 556. The van der Waals surface area contributed by atoms with Gasteiger partial charge in [-0.15, -0.1) is 5.10 Å². The second kappa shape index (κ2) is 7.64. The summed E-state index contributed by atoms with van der Waals surface area (Å²) in [7, 11) is 0. The van der Waals surface area contributed by atoms with Gasteiger partial charge in [-0.2, -0.15) is 0 Å². The molecule has 1 unspecified atom stereocenters. The summed E-state index contributed by atoms with van der Waals surface area (Å²) in [6.45, 7) is 5.26. The van der Waals surface area contributed by atoms with Crippen molar-refractivity contribution in [3.05, 3.63) is 36.2 Å². The average molecular weight is 290 g/mol. The molecule has 1 heterocycles. The first-order valence-corrected chi connectivity index (χ1v) is 7.21. The third-order valence-corrected chi connectivity index (χ3v) is 3.14. The number of ether oxygens (including phenoxy) is 1. The molecule has 0 bridgehead atoms. The first kappa shape index (κ1) is 15.3. The van der Waals surface area contributed by atoms with Gasteiger partial charge in [-0.25, -0.2) is 4.68 Å². The third-order valence-electron chi connectivity index (χ3n) is 3.14. The van der Waals surface area contributed by atoms with E-state index in [0.717, 1.165) is 23.6 Å². The molecule has 0 aliphatic heterocycles. The summed E-state index contributed by atoms with van der Waals surface area (Å²) in [5.74, 6) is 0.860. The Morgan fingerprint density at radius 1 is 1.43 bits per heavy atom. The number of nitrogens with zero attached hydrogens (tertiary/aromatic N) is 3. The minimum absolute atomic E-state index is 0.0607. The summed E-state index contributed by atoms with van der Waals surface area (Å²) in [6, 6.07) is 7.88. The second-order valence-corrected chi connectivity index (χ2v) is 4.91. The van der Waals surface area contributed by atoms with Crippen LogP contribution in [0.2, 0.25) is 0 Å². The number of aromatic nitrogens is 3. The maximum absolute atomic E-state index is 8.84. The van der Waals surface area contributed by atoms with Crippen molar-refractivity contribution in [3.63, 3.8) is 0 Å². The van der Waals surface area contributed by atoms with Crippen molar-refractivity contribution in [2.45, 2.75) is 39.5 Å². The Kier molecular flexibility index (Phi) is 5.57. The van der Waals surface area contributed by atoms with Gasteiger partial charge in [0.2, 0.25) is 0 Å². The van der Waals surface area contributed by atoms with Crippen LogP contribution in [0.1, 0.15) is 26.0 Å². The number of hydrogen-bond donors (Lipinski definition) is 2. The van der Waals surface area contributed by atoms with Crippen LogP contribution in [0.5, 0.6) is 5.75 Å². The second-order valence-electron chi connectivity index (χ2n) is 4.91. The van der Waals surface area contributed by atoms with Gasteiger partial charge >= 0.3 is 0 Å². The van der Waals surface area contributed by atoms with Gasteiger partial charge in [0.15, 0.2) is 0 Å². The van der Waals surface area contributed by atoms with Gasteiger partial charge in [0.1, 0.15) is 11.4 Å². The fourth-order valence-corrected chi connectivity index (χ4v) is 1.82. The fraction of sp³-hybridized carbons (Fsp3) is 0.467. The predicted molar refractivity (Wildman–Crippen MR) is 81.3 cm³/mol. The van der Waals surface area contributed by atoms with Crippen molar-refractivity contribution < 1.29 is 9.84 Å². The Balaban J connectivity index is 1.91. The first-order valence-electron chi connectivity index (χ1n) is 7.21. The molecule has 1 atom stereocenters. The van der Waals surface area contributed by atoms with Gasteiger partial charge in [0.25, 0.3) is 0 Å². The summed E-state index contributed by atoms with van der Waals surface area (Å²) < 4.78 is 7.42. The molecular formula is C15H22N4O2. The Morgan fingerprint density at radius 3 is 3.05 bits per heavy atom. The molecule has 6 nitrogen and oxygen atoms in total. The molecule has 2 aromatic rings. The molecule has 0 spiro atoms. The fourth-order valence-electron chi connectivity index (χ4n) is 1.82. The van der Waals surface area contributed by atoms with E-state index in [1.54, 1.807) is 4.68 Å². The molecule has 0 amide bonds. The number of aliphatic hydroxyl groups is 1. The molecule has 2 N–H and O–H groups in total. The van der Waals surface area contributed by atoms with Crippen LogP contribution in [-0.4, -0.2) is 32.8 Å². The van der Waals surface area contributed by atoms with Gasteiger partial charge in [-0.3, -0.25) is 0 Å². The van der Waals surface area contributed by atoms with E-state index in [-0.39, 0.29) is 12.7 Å². The van der Waals surface area contributed by atoms with Gasteiger partial charge in [-0.05, 0) is 25.5 Å². The average Bonchev–Trinajstić information content (AvgIpc) is 2.93. The van der Waals surface area contributed by atoms with E-state index >= 15 is 0 Å². The predicted octanol–water partition coefficient (Wildman–Crippen LogP) is 2.06. The molecule has 0 aliphatic rings. The number of aliphatic hydroxyl groups excluding tert-OH is 1. The van der Waals surface area contributed by atoms with Crippen molar-refractivity contribution in [1.29, 1.82) is 0 Å². The Morgan fingerprint density at radius 2 is 2.29 bits per heavy atom. The quantitative estimate of drug-likeness (QED) is 0.778. The van der Waals surface area contributed by atoms with Gasteiger partial charge < -0.3 is 15.2 Å². The maximum Gasteiger partial charge on any atom is 0.121 e. The van der Waals surface area contributed by atoms with E-state index in [1.165, 1.54) is 0 Å². The van der Waals surface area contributed by atoms with E-state index in [9.17, 15) is 0 Å². The van der Waals surface area contributed by atoms with Gasteiger partial charge in [0, 0.05) is 11.8 Å². The summed E-state index contributed by atoms with van der Waals surface area (Å²) in [5, 5.41) is 20.1. The zero-order valence-electron chi connectivity index (χ0n) is 12.5. The van der Waals surface area contributed by atoms with Crippen molar-refractivity contribution >= 4 is 5.69 Å². The Hall–Kier alpha value is -2.08. The van der Waals surface area contributed by atoms with Crippen molar-refractivity contribution in [2.75, 3.05) is 11.9 Å². The molecule has 1 aromatic heterocycles. The zero-order chi connectivity index (χ0) is 15.1. The number of rotatable bonds is 8. The topological polar surface area (TPSA) is 72.2 Å². The van der Waals surface area contributed by atoms with Crippen LogP contribution < -0.4 is 10.1 Å². The molecule has 0 saturated heterocycles. The lowest BCUT2D eigenvalue weighted by Gasteiger charge is -2.13. The lowest BCUT2D eigenvalue weighted by atomic mass is 10.2. The molecule has 2 rings (SSSR count). The molecule has 21 heavy (non-hydrogen) atoms. The van der Waals surface area contributed by atoms with Gasteiger partial charge in [-0.1, -0.05) is 18.2 Å². The van der Waals surface area contributed by atoms with Crippen LogP contribution in [0.4, 0.5) is 5.69 Å². The minimum Gasteiger partial charge on any atom is -0.491 e. The zero-order valence-corrected chi connectivity index (χ0v) is 12.5. The van der Waals surface area contributed by atoms with E-state index in [1.807, 2.05) is 30.5 Å². The molecular weight excluding hydrogens is 268 g/mol. The van der Waals surface area contributed by atoms with Gasteiger partial charge in [0.05, 0.1) is 32.0 Å². The summed E-state index contributed by atoms with van der Waals surface area (Å²) in [5.41, 5.74) is 1.81. The molecule has 114 valence electrons. The van der Waals surface area contributed by atoms with E-state index < -0.39 is 0 Å². The van der Waals surface area contributed by atoms with E-state index in [0.29, 0.717) is 13.1 Å². The SMILES string of the molecule is CCC(C)Oc1cccc(NCc2cn(CCO)nn2)c1. The summed E-state index contributed by atoms with van der Waals surface area (Å²) in [6.07, 6.45) is 3.01. The lowest BCUT2D eigenvalue weighted by Crippen LogP contribution is -2.09. The molecule has 0 saturated carbocycles. The van der Waals surface area contributed by atoms with Crippen molar-refractivity contribution in [2.24, 2.45) is 0 Å². The molecule has 1 aromatic carbocycles. The molecule has 0 aliphatic carbocycles. The summed E-state index contributed by atoms with van der Waals surface area (Å²) >= 11 is 0. The highest BCUT2D eigenvalue weighted by molar-refractivity contribution is 5.48. The summed E-state index contributed by atoms with van der Waals surface area (Å²) in [4.78, 5) is 0. The molecule has 0 radical (unpaired) electrons. The number of anilines is 1. The van der Waals surface area contributed by atoms with Crippen molar-refractivity contribution in [1.82, 2.24) is 15.0 Å². The van der Waals surface area contributed by atoms with Crippen LogP contribution in [0.15, 0.2) is 30.5 Å². The molecule has 6 heteroatoms. The Labute approximate surface area is 124 Å². The minimum atomic E-state index is 0.0607.